The van der Waals surface area contributed by atoms with E-state index in [1.807, 2.05) is 5.32 Å². The van der Waals surface area contributed by atoms with E-state index in [1.54, 1.807) is 0 Å². The number of alkyl halides is 1. The van der Waals surface area contributed by atoms with E-state index in [2.05, 4.69) is 5.32 Å². The van der Waals surface area contributed by atoms with E-state index in [-0.39, 0.29) is 19.4 Å². The van der Waals surface area contributed by atoms with Gasteiger partial charge in [-0.25, -0.2) is 9.18 Å². The number of carboxylic acid groups (broad SMARTS) is 2. The number of rotatable bonds is 11. The molecule has 0 saturated carbocycles. The predicted octanol–water partition coefficient (Wildman–Crippen LogP) is -1.90. The lowest BCUT2D eigenvalue weighted by atomic mass is 9.91. The van der Waals surface area contributed by atoms with E-state index in [9.17, 15) is 38.9 Å². The zero-order valence-electron chi connectivity index (χ0n) is 15.7. The quantitative estimate of drug-likeness (QED) is 0.204. The molecule has 1 saturated heterocycles. The first-order chi connectivity index (χ1) is 13.5. The van der Waals surface area contributed by atoms with Crippen molar-refractivity contribution in [3.05, 3.63) is 0 Å². The lowest BCUT2D eigenvalue weighted by Crippen LogP contribution is -2.75. The molecule has 0 unspecified atom stereocenters. The molecule has 29 heavy (non-hydrogen) atoms. The Morgan fingerprint density at radius 3 is 2.24 bits per heavy atom. The summed E-state index contributed by atoms with van der Waals surface area (Å²) in [4.78, 5) is 45.1. The van der Waals surface area contributed by atoms with Crippen LogP contribution in [-0.4, -0.2) is 87.7 Å². The van der Waals surface area contributed by atoms with E-state index in [4.69, 9.17) is 14.6 Å². The Kier molecular flexibility index (Phi) is 9.36. The van der Waals surface area contributed by atoms with Crippen LogP contribution in [0.15, 0.2) is 0 Å². The number of carboxylic acids is 2. The van der Waals surface area contributed by atoms with Crippen molar-refractivity contribution in [3.63, 3.8) is 0 Å². The van der Waals surface area contributed by atoms with E-state index in [0.717, 1.165) is 6.92 Å². The molecular weight excluding hydrogens is 399 g/mol. The largest absolute Gasteiger partial charge is 0.481 e. The molecule has 0 aromatic rings. The van der Waals surface area contributed by atoms with E-state index < -0.39 is 60.7 Å². The van der Waals surface area contributed by atoms with Crippen LogP contribution in [0.3, 0.4) is 0 Å². The fourth-order valence-electron chi connectivity index (χ4n) is 2.86. The van der Waals surface area contributed by atoms with Crippen molar-refractivity contribution in [1.29, 1.82) is 0 Å². The molecule has 0 aromatic heterocycles. The second-order valence-corrected chi connectivity index (χ2v) is 6.43. The van der Waals surface area contributed by atoms with Gasteiger partial charge in [0.2, 0.25) is 5.91 Å². The Balaban J connectivity index is 2.98. The SMILES string of the molecule is CC(=O)N[C@@H]1[C@@H](NC(=O)CF)[C@H](O)[C@](OCCCCCC(=O)O)(C(=O)O)O[C@H]1O. The lowest BCUT2D eigenvalue weighted by Gasteiger charge is -2.47. The molecule has 5 atom stereocenters. The van der Waals surface area contributed by atoms with Crippen molar-refractivity contribution in [3.8, 4) is 0 Å². The number of aliphatic carboxylic acids is 2. The number of hydrogen-bond acceptors (Lipinski definition) is 8. The number of aliphatic hydroxyl groups excluding tert-OH is 2. The van der Waals surface area contributed by atoms with Crippen molar-refractivity contribution in [2.45, 2.75) is 62.9 Å². The third-order valence-electron chi connectivity index (χ3n) is 4.19. The van der Waals surface area contributed by atoms with Crippen LogP contribution in [0.5, 0.6) is 0 Å². The predicted molar refractivity (Wildman–Crippen MR) is 91.0 cm³/mol. The molecule has 12 nitrogen and oxygen atoms in total. The molecule has 0 aromatic carbocycles. The number of carbonyl (C=O) groups is 4. The molecule has 1 aliphatic rings. The van der Waals surface area contributed by atoms with Gasteiger partial charge in [-0.3, -0.25) is 14.4 Å². The standard InChI is InChI=1S/C16H25FN2O10/c1-8(20)18-12-11(19-9(21)7-17)13(24)16(15(26)27,29-14(12)25)28-6-4-2-3-5-10(22)23/h11-14,24-25H,2-7H2,1H3,(H,18,20)(H,19,21)(H,22,23)(H,26,27)/t11-,12-,13+,14-,16-/m1/s1. The minimum Gasteiger partial charge on any atom is -0.481 e. The van der Waals surface area contributed by atoms with Crippen molar-refractivity contribution < 1.29 is 53.5 Å². The second-order valence-electron chi connectivity index (χ2n) is 6.43. The maximum Gasteiger partial charge on any atom is 0.367 e. The fourth-order valence-corrected chi connectivity index (χ4v) is 2.86. The Morgan fingerprint density at radius 1 is 1.07 bits per heavy atom. The molecule has 166 valence electrons. The molecule has 0 aliphatic carbocycles. The zero-order valence-corrected chi connectivity index (χ0v) is 15.7. The highest BCUT2D eigenvalue weighted by Gasteiger charge is 2.60. The molecule has 1 fully saturated rings. The van der Waals surface area contributed by atoms with E-state index in [0.29, 0.717) is 12.8 Å². The minimum absolute atomic E-state index is 0.0857. The highest BCUT2D eigenvalue weighted by Crippen LogP contribution is 2.31. The van der Waals surface area contributed by atoms with Gasteiger partial charge in [0, 0.05) is 13.3 Å². The number of hydrogen-bond donors (Lipinski definition) is 6. The first-order valence-electron chi connectivity index (χ1n) is 8.80. The Morgan fingerprint density at radius 2 is 1.72 bits per heavy atom. The first-order valence-corrected chi connectivity index (χ1v) is 8.80. The average molecular weight is 424 g/mol. The molecule has 1 heterocycles. The van der Waals surface area contributed by atoms with Gasteiger partial charge in [0.25, 0.3) is 11.7 Å². The van der Waals surface area contributed by atoms with Crippen LogP contribution >= 0.6 is 0 Å². The summed E-state index contributed by atoms with van der Waals surface area (Å²) < 4.78 is 22.8. The summed E-state index contributed by atoms with van der Waals surface area (Å²) in [5.41, 5.74) is 0. The number of carbonyl (C=O) groups excluding carboxylic acids is 2. The number of aliphatic hydroxyl groups is 2. The number of unbranched alkanes of at least 4 members (excludes halogenated alkanes) is 2. The van der Waals surface area contributed by atoms with Crippen molar-refractivity contribution in [2.75, 3.05) is 13.3 Å². The summed E-state index contributed by atoms with van der Waals surface area (Å²) in [7, 11) is 0. The highest BCUT2D eigenvalue weighted by molar-refractivity contribution is 5.80. The molecule has 0 radical (unpaired) electrons. The van der Waals surface area contributed by atoms with Crippen LogP contribution < -0.4 is 10.6 Å². The molecule has 1 aliphatic heterocycles. The van der Waals surface area contributed by atoms with Gasteiger partial charge in [-0.1, -0.05) is 6.42 Å². The van der Waals surface area contributed by atoms with Crippen molar-refractivity contribution >= 4 is 23.8 Å². The zero-order chi connectivity index (χ0) is 22.2. The maximum absolute atomic E-state index is 12.6. The molecule has 0 bridgehead atoms. The first kappa shape index (κ1) is 24.7. The number of halogens is 1. The summed E-state index contributed by atoms with van der Waals surface area (Å²) in [6.07, 6.45) is -3.34. The molecule has 0 spiro atoms. The summed E-state index contributed by atoms with van der Waals surface area (Å²) >= 11 is 0. The summed E-state index contributed by atoms with van der Waals surface area (Å²) in [5.74, 6) is -7.53. The fraction of sp³-hybridized carbons (Fsp3) is 0.750. The summed E-state index contributed by atoms with van der Waals surface area (Å²) in [6.45, 7) is -0.707. The van der Waals surface area contributed by atoms with Gasteiger partial charge in [0.05, 0.1) is 12.6 Å². The second kappa shape index (κ2) is 11.0. The Labute approximate surface area is 165 Å². The van der Waals surface area contributed by atoms with Gasteiger partial charge in [-0.2, -0.15) is 0 Å². The topological polar surface area (TPSA) is 192 Å². The van der Waals surface area contributed by atoms with Crippen LogP contribution in [0.4, 0.5) is 4.39 Å². The number of nitrogens with one attached hydrogen (secondary N) is 2. The van der Waals surface area contributed by atoms with Gasteiger partial charge >= 0.3 is 11.9 Å². The monoisotopic (exact) mass is 424 g/mol. The van der Waals surface area contributed by atoms with Crippen LogP contribution in [0.2, 0.25) is 0 Å². The molecular formula is C16H25FN2O10. The highest BCUT2D eigenvalue weighted by atomic mass is 19.1. The lowest BCUT2D eigenvalue weighted by molar-refractivity contribution is -0.353. The third-order valence-corrected chi connectivity index (χ3v) is 4.19. The van der Waals surface area contributed by atoms with Crippen molar-refractivity contribution in [2.24, 2.45) is 0 Å². The normalized spacial score (nSPS) is 29.1. The third kappa shape index (κ3) is 6.59. The number of ether oxygens (including phenoxy) is 2. The van der Waals surface area contributed by atoms with Gasteiger partial charge < -0.3 is 40.5 Å². The van der Waals surface area contributed by atoms with Crippen LogP contribution in [-0.2, 0) is 28.7 Å². The smallest absolute Gasteiger partial charge is 0.367 e. The molecule has 1 rings (SSSR count). The Bertz CT molecular complexity index is 619. The van der Waals surface area contributed by atoms with Gasteiger partial charge in [-0.15, -0.1) is 0 Å². The summed E-state index contributed by atoms with van der Waals surface area (Å²) in [6, 6.07) is -3.13. The van der Waals surface area contributed by atoms with Crippen molar-refractivity contribution in [1.82, 2.24) is 10.6 Å². The van der Waals surface area contributed by atoms with Crippen LogP contribution in [0.25, 0.3) is 0 Å². The molecule has 6 N–H and O–H groups in total. The number of amides is 2. The van der Waals surface area contributed by atoms with Crippen LogP contribution in [0, 0.1) is 0 Å². The van der Waals surface area contributed by atoms with E-state index in [1.165, 1.54) is 0 Å². The van der Waals surface area contributed by atoms with Crippen LogP contribution in [0.1, 0.15) is 32.6 Å². The summed E-state index contributed by atoms with van der Waals surface area (Å²) in [5, 5.41) is 43.1. The maximum atomic E-state index is 12.6. The Hall–Kier alpha value is -2.35. The van der Waals surface area contributed by atoms with E-state index >= 15 is 0 Å². The van der Waals surface area contributed by atoms with Gasteiger partial charge in [-0.05, 0) is 12.8 Å². The average Bonchev–Trinajstić information content (AvgIpc) is 2.63. The molecule has 13 heteroatoms. The van der Waals surface area contributed by atoms with Gasteiger partial charge in [0.1, 0.15) is 12.1 Å². The molecule has 2 amide bonds. The minimum atomic E-state index is -2.81. The van der Waals surface area contributed by atoms with Gasteiger partial charge in [0.15, 0.2) is 13.0 Å².